The van der Waals surface area contributed by atoms with Gasteiger partial charge in [-0.25, -0.2) is 0 Å². The first-order chi connectivity index (χ1) is 23.1. The van der Waals surface area contributed by atoms with Crippen molar-refractivity contribution in [1.29, 1.82) is 0 Å². The smallest absolute Gasteiger partial charge is 0.0542 e. The maximum atomic E-state index is 2.38. The van der Waals surface area contributed by atoms with Gasteiger partial charge in [0.25, 0.3) is 0 Å². The minimum absolute atomic E-state index is 0.525. The third kappa shape index (κ3) is 5.38. The average molecular weight is 605 g/mol. The molecular weight excluding hydrogens is 569 g/mol. The van der Waals surface area contributed by atoms with Crippen molar-refractivity contribution in [3.05, 3.63) is 181 Å². The molecule has 8 aromatic rings. The Morgan fingerprint density at radius 2 is 0.894 bits per heavy atom. The average Bonchev–Trinajstić information content (AvgIpc) is 3.47. The number of benzene rings is 7. The number of fused-ring (bicyclic) bond motifs is 3. The van der Waals surface area contributed by atoms with Crippen molar-refractivity contribution < 1.29 is 0 Å². The van der Waals surface area contributed by atoms with E-state index in [0.29, 0.717) is 5.92 Å². The largest absolute Gasteiger partial charge is 0.310 e. The number of para-hydroxylation sites is 2. The fraction of sp³-hybridized carbons (Fsp3) is 0.0667. The summed E-state index contributed by atoms with van der Waals surface area (Å²) in [7, 11) is 0. The van der Waals surface area contributed by atoms with Crippen LogP contribution in [0.2, 0.25) is 0 Å². The minimum Gasteiger partial charge on any atom is -0.310 e. The SMILES string of the molecule is CC(C)c1ccc(-c2ccc(N(c3ccccc3)c3ccc4c(c3)c3ccccc3n4-c3ccc(-c4ccccc4)cc3)cc2)cc1. The van der Waals surface area contributed by atoms with Crippen molar-refractivity contribution in [2.24, 2.45) is 0 Å². The lowest BCUT2D eigenvalue weighted by molar-refractivity contribution is 0.867. The summed E-state index contributed by atoms with van der Waals surface area (Å²) in [5.74, 6) is 0.525. The zero-order valence-electron chi connectivity index (χ0n) is 26.7. The fourth-order valence-electron chi connectivity index (χ4n) is 6.70. The van der Waals surface area contributed by atoms with E-state index in [2.05, 4.69) is 199 Å². The summed E-state index contributed by atoms with van der Waals surface area (Å²) < 4.78 is 2.38. The Labute approximate surface area is 276 Å². The number of anilines is 3. The van der Waals surface area contributed by atoms with Crippen LogP contribution in [0, 0.1) is 0 Å². The summed E-state index contributed by atoms with van der Waals surface area (Å²) in [4.78, 5) is 2.35. The van der Waals surface area contributed by atoms with Crippen molar-refractivity contribution in [2.45, 2.75) is 19.8 Å². The molecule has 0 saturated heterocycles. The van der Waals surface area contributed by atoms with E-state index in [1.54, 1.807) is 0 Å². The monoisotopic (exact) mass is 604 g/mol. The molecule has 0 aliphatic carbocycles. The first-order valence-corrected chi connectivity index (χ1v) is 16.4. The number of hydrogen-bond acceptors (Lipinski definition) is 1. The third-order valence-corrected chi connectivity index (χ3v) is 9.20. The summed E-state index contributed by atoms with van der Waals surface area (Å²) >= 11 is 0. The summed E-state index contributed by atoms with van der Waals surface area (Å²) in [5.41, 5.74) is 13.2. The molecule has 8 rings (SSSR count). The second kappa shape index (κ2) is 12.2. The molecule has 0 unspecified atom stereocenters. The van der Waals surface area contributed by atoms with Gasteiger partial charge >= 0.3 is 0 Å². The number of aromatic nitrogens is 1. The topological polar surface area (TPSA) is 8.17 Å². The molecule has 0 atom stereocenters. The Morgan fingerprint density at radius 1 is 0.404 bits per heavy atom. The van der Waals surface area contributed by atoms with Gasteiger partial charge in [-0.3, -0.25) is 0 Å². The van der Waals surface area contributed by atoms with Crippen LogP contribution >= 0.6 is 0 Å². The van der Waals surface area contributed by atoms with Crippen molar-refractivity contribution in [1.82, 2.24) is 4.57 Å². The first kappa shape index (κ1) is 28.6. The number of hydrogen-bond donors (Lipinski definition) is 0. The van der Waals surface area contributed by atoms with E-state index in [4.69, 9.17) is 0 Å². The second-order valence-corrected chi connectivity index (χ2v) is 12.5. The third-order valence-electron chi connectivity index (χ3n) is 9.20. The normalized spacial score (nSPS) is 11.4. The van der Waals surface area contributed by atoms with Crippen molar-refractivity contribution >= 4 is 38.9 Å². The van der Waals surface area contributed by atoms with Gasteiger partial charge in [0.05, 0.1) is 11.0 Å². The van der Waals surface area contributed by atoms with Gasteiger partial charge < -0.3 is 9.47 Å². The molecule has 0 aliphatic heterocycles. The van der Waals surface area contributed by atoms with E-state index < -0.39 is 0 Å². The quantitative estimate of drug-likeness (QED) is 0.176. The van der Waals surface area contributed by atoms with Crippen LogP contribution in [0.3, 0.4) is 0 Å². The maximum Gasteiger partial charge on any atom is 0.0542 e. The fourth-order valence-corrected chi connectivity index (χ4v) is 6.70. The van der Waals surface area contributed by atoms with Crippen molar-refractivity contribution in [3.8, 4) is 27.9 Å². The molecule has 0 aliphatic rings. The zero-order chi connectivity index (χ0) is 31.7. The summed E-state index contributed by atoms with van der Waals surface area (Å²) in [6.07, 6.45) is 0. The molecule has 1 heterocycles. The molecular formula is C45H36N2. The van der Waals surface area contributed by atoms with Crippen LogP contribution in [0.25, 0.3) is 49.7 Å². The highest BCUT2D eigenvalue weighted by atomic mass is 15.1. The highest BCUT2D eigenvalue weighted by Crippen LogP contribution is 2.40. The standard InChI is InChI=1S/C45H36N2/c1-32(2)33-17-19-35(20-18-33)37-21-25-39(26-22-37)46(38-13-7-4-8-14-38)41-29-30-45-43(31-41)42-15-9-10-16-44(42)47(45)40-27-23-36(24-28-40)34-11-5-3-6-12-34/h3-32H,1-2H3. The minimum atomic E-state index is 0.525. The Kier molecular flexibility index (Phi) is 7.39. The maximum absolute atomic E-state index is 2.38. The molecule has 0 amide bonds. The van der Waals surface area contributed by atoms with E-state index in [0.717, 1.165) is 22.7 Å². The molecule has 0 saturated carbocycles. The van der Waals surface area contributed by atoms with Gasteiger partial charge in [0, 0.05) is 33.5 Å². The number of nitrogens with zero attached hydrogens (tertiary/aromatic N) is 2. The van der Waals surface area contributed by atoms with Gasteiger partial charge in [0.2, 0.25) is 0 Å². The lowest BCUT2D eigenvalue weighted by Gasteiger charge is -2.26. The second-order valence-electron chi connectivity index (χ2n) is 12.5. The van der Waals surface area contributed by atoms with Crippen LogP contribution in [-0.4, -0.2) is 4.57 Å². The van der Waals surface area contributed by atoms with E-state index >= 15 is 0 Å². The zero-order valence-corrected chi connectivity index (χ0v) is 26.7. The Hall–Kier alpha value is -5.86. The van der Waals surface area contributed by atoms with Gasteiger partial charge in [-0.05, 0) is 94.4 Å². The van der Waals surface area contributed by atoms with Crippen LogP contribution in [0.5, 0.6) is 0 Å². The van der Waals surface area contributed by atoms with Crippen LogP contribution in [0.4, 0.5) is 17.1 Å². The van der Waals surface area contributed by atoms with Crippen molar-refractivity contribution in [3.63, 3.8) is 0 Å². The molecule has 1 aromatic heterocycles. The molecule has 0 spiro atoms. The predicted molar refractivity (Wildman–Crippen MR) is 200 cm³/mol. The first-order valence-electron chi connectivity index (χ1n) is 16.4. The Morgan fingerprint density at radius 3 is 1.55 bits per heavy atom. The van der Waals surface area contributed by atoms with E-state index in [9.17, 15) is 0 Å². The molecule has 226 valence electrons. The summed E-state index contributed by atoms with van der Waals surface area (Å²) in [6, 6.07) is 63.6. The van der Waals surface area contributed by atoms with Crippen LogP contribution < -0.4 is 4.90 Å². The Bertz CT molecular complexity index is 2280. The van der Waals surface area contributed by atoms with Gasteiger partial charge in [-0.15, -0.1) is 0 Å². The predicted octanol–water partition coefficient (Wildman–Crippen LogP) is 12.7. The van der Waals surface area contributed by atoms with Crippen LogP contribution in [0.15, 0.2) is 176 Å². The molecule has 0 fully saturated rings. The molecule has 0 radical (unpaired) electrons. The van der Waals surface area contributed by atoms with Gasteiger partial charge in [0.1, 0.15) is 0 Å². The van der Waals surface area contributed by atoms with E-state index in [-0.39, 0.29) is 0 Å². The van der Waals surface area contributed by atoms with Crippen LogP contribution in [-0.2, 0) is 0 Å². The number of rotatable bonds is 7. The molecule has 2 heteroatoms. The van der Waals surface area contributed by atoms with Gasteiger partial charge in [-0.1, -0.05) is 129 Å². The van der Waals surface area contributed by atoms with Gasteiger partial charge in [0.15, 0.2) is 0 Å². The Balaban J connectivity index is 1.22. The lowest BCUT2D eigenvalue weighted by Crippen LogP contribution is -2.09. The molecule has 0 bridgehead atoms. The van der Waals surface area contributed by atoms with Crippen LogP contribution in [0.1, 0.15) is 25.3 Å². The van der Waals surface area contributed by atoms with E-state index in [1.165, 1.54) is 49.6 Å². The highest BCUT2D eigenvalue weighted by Gasteiger charge is 2.17. The molecule has 0 N–H and O–H groups in total. The van der Waals surface area contributed by atoms with Gasteiger partial charge in [-0.2, -0.15) is 0 Å². The van der Waals surface area contributed by atoms with E-state index in [1.807, 2.05) is 0 Å². The lowest BCUT2D eigenvalue weighted by atomic mass is 9.98. The summed E-state index contributed by atoms with van der Waals surface area (Å²) in [5, 5.41) is 2.47. The van der Waals surface area contributed by atoms with Crippen molar-refractivity contribution in [2.75, 3.05) is 4.90 Å². The molecule has 7 aromatic carbocycles. The highest BCUT2D eigenvalue weighted by molar-refractivity contribution is 6.10. The molecule has 47 heavy (non-hydrogen) atoms. The summed E-state index contributed by atoms with van der Waals surface area (Å²) in [6.45, 7) is 4.47. The molecule has 2 nitrogen and oxygen atoms in total.